The van der Waals surface area contributed by atoms with Gasteiger partial charge in [-0.2, -0.15) is 0 Å². The van der Waals surface area contributed by atoms with Crippen LogP contribution < -0.4 is 10.5 Å². The maximum absolute atomic E-state index is 14.2. The molecule has 5 rings (SSSR count). The van der Waals surface area contributed by atoms with Crippen LogP contribution in [0.3, 0.4) is 0 Å². The molecule has 8 nitrogen and oxygen atoms in total. The molecule has 0 heterocycles. The van der Waals surface area contributed by atoms with Crippen LogP contribution in [0.15, 0.2) is 149 Å². The Hall–Kier alpha value is -3.66. The predicted molar refractivity (Wildman–Crippen MR) is 157 cm³/mol. The monoisotopic (exact) mass is 698 g/mol. The molecule has 0 aliphatic rings. The van der Waals surface area contributed by atoms with Crippen molar-refractivity contribution in [3.8, 4) is 11.5 Å². The topological polar surface area (TPSA) is 127 Å². The molecule has 0 atom stereocenters. The molecular weight excluding hydrogens is 674 g/mol. The molecule has 0 aromatic heterocycles. The van der Waals surface area contributed by atoms with Crippen molar-refractivity contribution >= 4 is 49.0 Å². The second-order valence-electron chi connectivity index (χ2n) is 9.01. The molecule has 5 aromatic carbocycles. The number of hydrogen-bond donors (Lipinski definition) is 2. The summed E-state index contributed by atoms with van der Waals surface area (Å²) in [5.74, 6) is -0.318. The summed E-state index contributed by atoms with van der Waals surface area (Å²) in [5, 5.41) is 19.6. The van der Waals surface area contributed by atoms with E-state index >= 15 is 0 Å². The molecule has 0 radical (unpaired) electrons. The van der Waals surface area contributed by atoms with Gasteiger partial charge in [0.25, 0.3) is 0 Å². The van der Waals surface area contributed by atoms with E-state index in [1.807, 2.05) is 0 Å². The predicted octanol–water partition coefficient (Wildman–Crippen LogP) is 3.33. The molecule has 210 valence electrons. The number of phenols is 2. The standard InChI is InChI=1S/2C6H6O4S.3C6H5.Sb/c2*7-5-1-3-6(4-2-5)11(8,9)10;3*1-2-4-6-5-3-1;/h2*1-4,7H,(H,8,9,10);3*1-5H;/q;;;;;+2/p-2. The van der Waals surface area contributed by atoms with E-state index in [1.165, 1.54) is 48.5 Å². The van der Waals surface area contributed by atoms with Gasteiger partial charge in [-0.05, 0) is 0 Å². The van der Waals surface area contributed by atoms with E-state index in [0.717, 1.165) is 0 Å². The molecule has 0 saturated carbocycles. The first kappa shape index (κ1) is 28.9. The van der Waals surface area contributed by atoms with Gasteiger partial charge < -0.3 is 0 Å². The Balaban J connectivity index is 1.95. The van der Waals surface area contributed by atoms with E-state index in [9.17, 15) is 27.0 Å². The number of rotatable bonds is 9. The average molecular weight is 699 g/mol. The van der Waals surface area contributed by atoms with E-state index in [-0.39, 0.29) is 31.8 Å². The van der Waals surface area contributed by atoms with Crippen molar-refractivity contribution in [3.63, 3.8) is 0 Å². The summed E-state index contributed by atoms with van der Waals surface area (Å²) in [6.07, 6.45) is 0. The molecule has 0 bridgehead atoms. The van der Waals surface area contributed by atoms with Gasteiger partial charge in [-0.3, -0.25) is 0 Å². The summed E-state index contributed by atoms with van der Waals surface area (Å²) >= 11 is -6.72. The molecule has 0 saturated heterocycles. The van der Waals surface area contributed by atoms with Gasteiger partial charge >= 0.3 is 242 Å². The summed E-state index contributed by atoms with van der Waals surface area (Å²) in [6.45, 7) is 0. The fourth-order valence-corrected chi connectivity index (χ4v) is 28.6. The van der Waals surface area contributed by atoms with Crippen molar-refractivity contribution in [3.05, 3.63) is 140 Å². The summed E-state index contributed by atoms with van der Waals surface area (Å²) in [4.78, 5) is -0.608. The normalized spacial score (nSPS) is 13.2. The fourth-order valence-electron chi connectivity index (χ4n) is 4.50. The number of aromatic hydroxyl groups is 2. The van der Waals surface area contributed by atoms with Gasteiger partial charge in [0.05, 0.1) is 0 Å². The minimum absolute atomic E-state index is 0.159. The van der Waals surface area contributed by atoms with E-state index in [1.54, 1.807) is 91.0 Å². The summed E-state index contributed by atoms with van der Waals surface area (Å²) in [5.41, 5.74) is 0. The summed E-state index contributed by atoms with van der Waals surface area (Å²) in [6, 6.07) is 34.1. The van der Waals surface area contributed by atoms with Crippen LogP contribution >= 0.6 is 0 Å². The molecule has 0 unspecified atom stereocenters. The molecule has 0 spiro atoms. The number of hydrogen-bond acceptors (Lipinski definition) is 8. The van der Waals surface area contributed by atoms with Crippen molar-refractivity contribution in [2.45, 2.75) is 9.79 Å². The SMILES string of the molecule is O=S(=O)([O][Sb]([O]S(=O)(=O)c1ccc(O)cc1)([c]1ccccc1)([c]1ccccc1)[c]1ccccc1)c1ccc(O)cc1. The first-order chi connectivity index (χ1) is 19.6. The van der Waals surface area contributed by atoms with Crippen LogP contribution in [-0.2, 0) is 25.2 Å². The zero-order valence-electron chi connectivity index (χ0n) is 21.4. The van der Waals surface area contributed by atoms with Gasteiger partial charge in [0.2, 0.25) is 0 Å². The van der Waals surface area contributed by atoms with Crippen molar-refractivity contribution < 1.29 is 32.0 Å². The fraction of sp³-hybridized carbons (Fsp3) is 0. The van der Waals surface area contributed by atoms with Crippen LogP contribution in [0.5, 0.6) is 11.5 Å². The van der Waals surface area contributed by atoms with Gasteiger partial charge in [-0.15, -0.1) is 0 Å². The third-order valence-corrected chi connectivity index (χ3v) is 27.9. The number of benzene rings is 5. The molecule has 0 fully saturated rings. The molecule has 41 heavy (non-hydrogen) atoms. The Labute approximate surface area is 240 Å². The zero-order chi connectivity index (χ0) is 29.2. The molecule has 5 aromatic rings. The minimum atomic E-state index is -6.72. The van der Waals surface area contributed by atoms with Crippen LogP contribution in [0.1, 0.15) is 0 Å². The Morgan fingerprint density at radius 2 is 0.683 bits per heavy atom. The Morgan fingerprint density at radius 3 is 0.951 bits per heavy atom. The first-order valence-corrected chi connectivity index (χ1v) is 21.0. The van der Waals surface area contributed by atoms with Gasteiger partial charge in [0, 0.05) is 0 Å². The average Bonchev–Trinajstić information content (AvgIpc) is 2.98. The molecule has 0 aliphatic carbocycles. The molecule has 2 N–H and O–H groups in total. The Morgan fingerprint density at radius 1 is 0.415 bits per heavy atom. The van der Waals surface area contributed by atoms with Crippen LogP contribution in [0.25, 0.3) is 0 Å². The molecular formula is C30H25O8S2Sb. The first-order valence-electron chi connectivity index (χ1n) is 12.3. The van der Waals surface area contributed by atoms with Crippen LogP contribution in [0, 0.1) is 0 Å². The van der Waals surface area contributed by atoms with E-state index in [0.29, 0.717) is 0 Å². The van der Waals surface area contributed by atoms with E-state index in [4.69, 9.17) is 4.92 Å². The molecule has 0 aliphatic heterocycles. The van der Waals surface area contributed by atoms with Crippen LogP contribution in [-0.4, -0.2) is 45.3 Å². The third-order valence-electron chi connectivity index (χ3n) is 6.41. The molecule has 0 amide bonds. The summed E-state index contributed by atoms with van der Waals surface area (Å²) < 4.78 is 70.3. The quantitative estimate of drug-likeness (QED) is 0.225. The van der Waals surface area contributed by atoms with E-state index < -0.39 is 38.5 Å². The zero-order valence-corrected chi connectivity index (χ0v) is 25.6. The van der Waals surface area contributed by atoms with Gasteiger partial charge in [-0.1, -0.05) is 0 Å². The Kier molecular flexibility index (Phi) is 7.71. The van der Waals surface area contributed by atoms with E-state index in [2.05, 4.69) is 0 Å². The number of phenolic OH excluding ortho intramolecular Hbond substituents is 2. The van der Waals surface area contributed by atoms with Crippen LogP contribution in [0.4, 0.5) is 0 Å². The van der Waals surface area contributed by atoms with Crippen molar-refractivity contribution in [1.82, 2.24) is 0 Å². The van der Waals surface area contributed by atoms with Crippen molar-refractivity contribution in [1.29, 1.82) is 0 Å². The second-order valence-corrected chi connectivity index (χ2v) is 24.5. The summed E-state index contributed by atoms with van der Waals surface area (Å²) in [7, 11) is -9.50. The Bertz CT molecular complexity index is 1680. The van der Waals surface area contributed by atoms with Crippen molar-refractivity contribution in [2.75, 3.05) is 0 Å². The second kappa shape index (κ2) is 11.0. The molecule has 11 heteroatoms. The van der Waals surface area contributed by atoms with Gasteiger partial charge in [-0.25, -0.2) is 0 Å². The maximum atomic E-state index is 14.2. The van der Waals surface area contributed by atoms with Crippen molar-refractivity contribution in [2.24, 2.45) is 0 Å². The third kappa shape index (κ3) is 5.25. The van der Waals surface area contributed by atoms with Gasteiger partial charge in [0.15, 0.2) is 0 Å². The van der Waals surface area contributed by atoms with Crippen LogP contribution in [0.2, 0.25) is 0 Å². The van der Waals surface area contributed by atoms with Gasteiger partial charge in [0.1, 0.15) is 0 Å².